The fraction of sp³-hybridized carbons (Fsp3) is 0.167. The number of anilines is 1. The summed E-state index contributed by atoms with van der Waals surface area (Å²) in [6, 6.07) is 9.85. The Morgan fingerprint density at radius 3 is 2.62 bits per heavy atom. The molecule has 0 spiro atoms. The van der Waals surface area contributed by atoms with Crippen LogP contribution in [0.2, 0.25) is 5.02 Å². The Balaban J connectivity index is 1.92. The first kappa shape index (κ1) is 19.7. The third kappa shape index (κ3) is 5.18. The van der Waals surface area contributed by atoms with Crippen molar-refractivity contribution in [1.29, 1.82) is 0 Å². The van der Waals surface area contributed by atoms with E-state index < -0.39 is 11.9 Å². The van der Waals surface area contributed by atoms with E-state index in [1.807, 2.05) is 6.92 Å². The van der Waals surface area contributed by atoms with Gasteiger partial charge in [0.15, 0.2) is 11.7 Å². The van der Waals surface area contributed by atoms with Gasteiger partial charge in [-0.2, -0.15) is 0 Å². The van der Waals surface area contributed by atoms with E-state index >= 15 is 0 Å². The summed E-state index contributed by atoms with van der Waals surface area (Å²) in [5, 5.41) is 15.1. The molecule has 0 bridgehead atoms. The van der Waals surface area contributed by atoms with E-state index in [-0.39, 0.29) is 17.3 Å². The molecule has 0 aliphatic heterocycles. The van der Waals surface area contributed by atoms with Gasteiger partial charge in [-0.05, 0) is 67.5 Å². The lowest BCUT2D eigenvalue weighted by molar-refractivity contribution is -0.121. The molecule has 2 aromatic carbocycles. The van der Waals surface area contributed by atoms with Gasteiger partial charge >= 0.3 is 5.97 Å². The maximum Gasteiger partial charge on any atom is 0.336 e. The van der Waals surface area contributed by atoms with E-state index in [0.717, 1.165) is 5.56 Å². The smallest absolute Gasteiger partial charge is 0.336 e. The van der Waals surface area contributed by atoms with E-state index in [4.69, 9.17) is 33.7 Å². The second-order valence-electron chi connectivity index (χ2n) is 5.48. The molecular formula is C18H17ClN2O4S. The number of carbonyl (C=O) groups excluding carboxylic acids is 1. The zero-order valence-electron chi connectivity index (χ0n) is 14.1. The fourth-order valence-electron chi connectivity index (χ4n) is 2.24. The summed E-state index contributed by atoms with van der Waals surface area (Å²) in [7, 11) is 0. The first-order valence-corrected chi connectivity index (χ1v) is 8.39. The van der Waals surface area contributed by atoms with Gasteiger partial charge in [-0.1, -0.05) is 17.7 Å². The van der Waals surface area contributed by atoms with Crippen LogP contribution in [0.3, 0.4) is 0 Å². The van der Waals surface area contributed by atoms with E-state index in [2.05, 4.69) is 10.6 Å². The van der Waals surface area contributed by atoms with Gasteiger partial charge in [0.25, 0.3) is 5.91 Å². The van der Waals surface area contributed by atoms with Crippen LogP contribution >= 0.6 is 23.8 Å². The average molecular weight is 393 g/mol. The van der Waals surface area contributed by atoms with Crippen molar-refractivity contribution < 1.29 is 19.4 Å². The van der Waals surface area contributed by atoms with E-state index in [1.165, 1.54) is 6.07 Å². The third-order valence-corrected chi connectivity index (χ3v) is 4.00. The standard InChI is InChI=1S/C18H17ClN2O4S/c1-10-8-12(19)6-7-15(10)25-9-16(22)21-18(26)20-14-5-3-4-13(11(14)2)17(23)24/h3-8H,9H2,1-2H3,(H,23,24)(H2,20,21,22,26). The molecule has 0 unspecified atom stereocenters. The molecule has 0 saturated carbocycles. The van der Waals surface area contributed by atoms with Crippen LogP contribution in [0, 0.1) is 13.8 Å². The third-order valence-electron chi connectivity index (χ3n) is 3.56. The lowest BCUT2D eigenvalue weighted by Gasteiger charge is -2.14. The van der Waals surface area contributed by atoms with Gasteiger partial charge in [-0.25, -0.2) is 4.79 Å². The first-order chi connectivity index (χ1) is 12.3. The first-order valence-electron chi connectivity index (χ1n) is 7.60. The minimum atomic E-state index is -1.03. The summed E-state index contributed by atoms with van der Waals surface area (Å²) in [4.78, 5) is 23.1. The van der Waals surface area contributed by atoms with Gasteiger partial charge in [-0.3, -0.25) is 10.1 Å². The Labute approximate surface area is 161 Å². The molecule has 0 atom stereocenters. The molecule has 0 saturated heterocycles. The number of ether oxygens (including phenoxy) is 1. The number of aromatic carboxylic acids is 1. The molecule has 0 aliphatic carbocycles. The van der Waals surface area contributed by atoms with Crippen molar-refractivity contribution in [3.05, 3.63) is 58.1 Å². The number of amides is 1. The summed E-state index contributed by atoms with van der Waals surface area (Å²) < 4.78 is 5.44. The zero-order valence-corrected chi connectivity index (χ0v) is 15.7. The summed E-state index contributed by atoms with van der Waals surface area (Å²) >= 11 is 11.0. The molecule has 0 heterocycles. The molecule has 136 valence electrons. The Bertz CT molecular complexity index is 870. The number of carboxylic acid groups (broad SMARTS) is 1. The van der Waals surface area contributed by atoms with Crippen molar-refractivity contribution in [2.75, 3.05) is 11.9 Å². The molecule has 8 heteroatoms. The molecule has 0 fully saturated rings. The van der Waals surface area contributed by atoms with Crippen LogP contribution in [0.1, 0.15) is 21.5 Å². The van der Waals surface area contributed by atoms with Crippen molar-refractivity contribution >= 4 is 46.5 Å². The van der Waals surface area contributed by atoms with Crippen LogP contribution < -0.4 is 15.4 Å². The van der Waals surface area contributed by atoms with Crippen LogP contribution in [-0.4, -0.2) is 28.7 Å². The summed E-state index contributed by atoms with van der Waals surface area (Å²) in [5.41, 5.74) is 1.99. The van der Waals surface area contributed by atoms with Crippen molar-refractivity contribution in [2.45, 2.75) is 13.8 Å². The molecule has 2 aromatic rings. The Morgan fingerprint density at radius 2 is 1.96 bits per heavy atom. The van der Waals surface area contributed by atoms with Gasteiger partial charge in [0, 0.05) is 10.7 Å². The monoisotopic (exact) mass is 392 g/mol. The Morgan fingerprint density at radius 1 is 1.23 bits per heavy atom. The number of aryl methyl sites for hydroxylation is 1. The fourth-order valence-corrected chi connectivity index (χ4v) is 2.69. The van der Waals surface area contributed by atoms with Crippen molar-refractivity contribution in [1.82, 2.24) is 5.32 Å². The highest BCUT2D eigenvalue weighted by Gasteiger charge is 2.12. The van der Waals surface area contributed by atoms with Gasteiger partial charge < -0.3 is 15.2 Å². The minimum Gasteiger partial charge on any atom is -0.483 e. The second-order valence-corrected chi connectivity index (χ2v) is 6.33. The van der Waals surface area contributed by atoms with Crippen LogP contribution in [0.4, 0.5) is 5.69 Å². The number of hydrogen-bond donors (Lipinski definition) is 3. The highest BCUT2D eigenvalue weighted by atomic mass is 35.5. The van der Waals surface area contributed by atoms with Crippen molar-refractivity contribution in [3.8, 4) is 5.75 Å². The Hall–Kier alpha value is -2.64. The molecule has 3 N–H and O–H groups in total. The minimum absolute atomic E-state index is 0.0528. The molecule has 1 amide bonds. The van der Waals surface area contributed by atoms with Gasteiger partial charge in [0.1, 0.15) is 5.75 Å². The normalized spacial score (nSPS) is 10.1. The van der Waals surface area contributed by atoms with Crippen LogP contribution in [0.25, 0.3) is 0 Å². The molecule has 0 aliphatic rings. The van der Waals surface area contributed by atoms with Gasteiger partial charge in [0.05, 0.1) is 5.56 Å². The number of thiocarbonyl (C=S) groups is 1. The highest BCUT2D eigenvalue weighted by Crippen LogP contribution is 2.21. The van der Waals surface area contributed by atoms with Gasteiger partial charge in [-0.15, -0.1) is 0 Å². The summed E-state index contributed by atoms with van der Waals surface area (Å²) in [6.45, 7) is 3.25. The molecular weight excluding hydrogens is 376 g/mol. The van der Waals surface area contributed by atoms with E-state index in [0.29, 0.717) is 22.0 Å². The predicted octanol–water partition coefficient (Wildman–Crippen LogP) is 3.55. The van der Waals surface area contributed by atoms with Gasteiger partial charge in [0.2, 0.25) is 0 Å². The number of hydrogen-bond acceptors (Lipinski definition) is 4. The van der Waals surface area contributed by atoms with Crippen molar-refractivity contribution in [3.63, 3.8) is 0 Å². The Kier molecular flexibility index (Phi) is 6.54. The van der Waals surface area contributed by atoms with Crippen LogP contribution in [0.5, 0.6) is 5.75 Å². The maximum atomic E-state index is 12.0. The summed E-state index contributed by atoms with van der Waals surface area (Å²) in [6.07, 6.45) is 0. The average Bonchev–Trinajstić information content (AvgIpc) is 2.55. The lowest BCUT2D eigenvalue weighted by Crippen LogP contribution is -2.37. The number of halogens is 1. The molecule has 2 rings (SSSR count). The van der Waals surface area contributed by atoms with E-state index in [9.17, 15) is 9.59 Å². The number of carbonyl (C=O) groups is 2. The lowest BCUT2D eigenvalue weighted by atomic mass is 10.1. The zero-order chi connectivity index (χ0) is 19.3. The number of carboxylic acids is 1. The largest absolute Gasteiger partial charge is 0.483 e. The molecule has 0 radical (unpaired) electrons. The number of rotatable bonds is 5. The number of nitrogens with one attached hydrogen (secondary N) is 2. The van der Waals surface area contributed by atoms with E-state index in [1.54, 1.807) is 37.3 Å². The quantitative estimate of drug-likeness (QED) is 0.674. The topological polar surface area (TPSA) is 87.7 Å². The van der Waals surface area contributed by atoms with Crippen molar-refractivity contribution in [2.24, 2.45) is 0 Å². The maximum absolute atomic E-state index is 12.0. The molecule has 6 nitrogen and oxygen atoms in total. The highest BCUT2D eigenvalue weighted by molar-refractivity contribution is 7.80. The van der Waals surface area contributed by atoms with Crippen LogP contribution in [-0.2, 0) is 4.79 Å². The predicted molar refractivity (Wildman–Crippen MR) is 104 cm³/mol. The second kappa shape index (κ2) is 8.64. The number of benzene rings is 2. The van der Waals surface area contributed by atoms with Crippen LogP contribution in [0.15, 0.2) is 36.4 Å². The molecule has 0 aromatic heterocycles. The SMILES string of the molecule is Cc1cc(Cl)ccc1OCC(=O)NC(=S)Nc1cccc(C(=O)O)c1C. The molecule has 26 heavy (non-hydrogen) atoms. The summed E-state index contributed by atoms with van der Waals surface area (Å²) in [5.74, 6) is -0.926.